The first kappa shape index (κ1) is 12.9. The minimum atomic E-state index is 0.179. The standard InChI is InChI=1S/C21H22/c1-21(2,15-9-3-4-10-15)20-18-13-7-5-11-16(18)17-12-6-8-14-19(17)20/h3,5-14,16,18,20H,4H2,1-2H3. The topological polar surface area (TPSA) is 0 Å². The van der Waals surface area contributed by atoms with Crippen LogP contribution in [0.4, 0.5) is 0 Å². The van der Waals surface area contributed by atoms with Crippen molar-refractivity contribution in [3.05, 3.63) is 83.5 Å². The zero-order chi connectivity index (χ0) is 14.4. The lowest BCUT2D eigenvalue weighted by Crippen LogP contribution is -2.27. The van der Waals surface area contributed by atoms with E-state index in [4.69, 9.17) is 0 Å². The van der Waals surface area contributed by atoms with Crippen LogP contribution in [0.1, 0.15) is 43.2 Å². The van der Waals surface area contributed by atoms with Gasteiger partial charge in [0.05, 0.1) is 0 Å². The van der Waals surface area contributed by atoms with Gasteiger partial charge in [-0.3, -0.25) is 0 Å². The van der Waals surface area contributed by atoms with E-state index in [0.717, 1.165) is 6.42 Å². The summed E-state index contributed by atoms with van der Waals surface area (Å²) in [5.41, 5.74) is 4.77. The third-order valence-corrected chi connectivity index (χ3v) is 5.55. The fourth-order valence-electron chi connectivity index (χ4n) is 4.54. The van der Waals surface area contributed by atoms with Crippen LogP contribution in [0.3, 0.4) is 0 Å². The maximum absolute atomic E-state index is 2.43. The minimum absolute atomic E-state index is 0.179. The molecule has 0 spiro atoms. The summed E-state index contributed by atoms with van der Waals surface area (Å²) >= 11 is 0. The van der Waals surface area contributed by atoms with Gasteiger partial charge < -0.3 is 0 Å². The molecule has 0 saturated carbocycles. The Balaban J connectivity index is 1.86. The largest absolute Gasteiger partial charge is 0.0804 e. The summed E-state index contributed by atoms with van der Waals surface area (Å²) in [7, 11) is 0. The molecule has 3 aliphatic rings. The first-order chi connectivity index (χ1) is 10.2. The van der Waals surface area contributed by atoms with Gasteiger partial charge in [-0.25, -0.2) is 0 Å². The van der Waals surface area contributed by atoms with Crippen molar-refractivity contribution < 1.29 is 0 Å². The van der Waals surface area contributed by atoms with Gasteiger partial charge in [-0.15, -0.1) is 0 Å². The Morgan fingerprint density at radius 3 is 2.52 bits per heavy atom. The van der Waals surface area contributed by atoms with Crippen molar-refractivity contribution in [3.8, 4) is 0 Å². The predicted octanol–water partition coefficient (Wildman–Crippen LogP) is 5.52. The SMILES string of the molecule is CC(C)(C1=CCC=C1)C1c2ccccc2C2C=CC=CC21. The van der Waals surface area contributed by atoms with Gasteiger partial charge in [-0.1, -0.05) is 80.6 Å². The molecule has 0 heterocycles. The molecule has 21 heavy (non-hydrogen) atoms. The monoisotopic (exact) mass is 274 g/mol. The molecule has 0 fully saturated rings. The van der Waals surface area contributed by atoms with E-state index >= 15 is 0 Å². The van der Waals surface area contributed by atoms with E-state index in [1.165, 1.54) is 11.1 Å². The number of benzene rings is 1. The summed E-state index contributed by atoms with van der Waals surface area (Å²) in [4.78, 5) is 0. The second-order valence-electron chi connectivity index (χ2n) is 7.00. The van der Waals surface area contributed by atoms with Crippen molar-refractivity contribution in [2.45, 2.75) is 32.1 Å². The van der Waals surface area contributed by atoms with Crippen LogP contribution >= 0.6 is 0 Å². The normalized spacial score (nSPS) is 29.4. The first-order valence-corrected chi connectivity index (χ1v) is 8.00. The van der Waals surface area contributed by atoms with Gasteiger partial charge in [0.2, 0.25) is 0 Å². The van der Waals surface area contributed by atoms with Crippen LogP contribution in [-0.2, 0) is 0 Å². The average molecular weight is 274 g/mol. The van der Waals surface area contributed by atoms with Crippen LogP contribution in [-0.4, -0.2) is 0 Å². The highest BCUT2D eigenvalue weighted by molar-refractivity contribution is 5.50. The fourth-order valence-corrected chi connectivity index (χ4v) is 4.54. The number of allylic oxidation sites excluding steroid dienone is 8. The van der Waals surface area contributed by atoms with Crippen LogP contribution < -0.4 is 0 Å². The van der Waals surface area contributed by atoms with E-state index in [9.17, 15) is 0 Å². The van der Waals surface area contributed by atoms with Gasteiger partial charge in [-0.05, 0) is 34.5 Å². The predicted molar refractivity (Wildman–Crippen MR) is 89.3 cm³/mol. The summed E-state index contributed by atoms with van der Waals surface area (Å²) in [6.07, 6.45) is 17.4. The summed E-state index contributed by atoms with van der Waals surface area (Å²) in [5, 5.41) is 0. The summed E-state index contributed by atoms with van der Waals surface area (Å²) in [5.74, 6) is 1.72. The first-order valence-electron chi connectivity index (χ1n) is 8.00. The second kappa shape index (κ2) is 4.59. The van der Waals surface area contributed by atoms with Gasteiger partial charge in [0.25, 0.3) is 0 Å². The zero-order valence-corrected chi connectivity index (χ0v) is 12.8. The zero-order valence-electron chi connectivity index (χ0n) is 12.8. The Hall–Kier alpha value is -1.82. The highest BCUT2D eigenvalue weighted by Crippen LogP contribution is 2.58. The molecule has 0 heteroatoms. The maximum atomic E-state index is 2.43. The van der Waals surface area contributed by atoms with Crippen molar-refractivity contribution in [1.82, 2.24) is 0 Å². The van der Waals surface area contributed by atoms with Crippen LogP contribution in [0, 0.1) is 11.3 Å². The third-order valence-electron chi connectivity index (χ3n) is 5.55. The van der Waals surface area contributed by atoms with Gasteiger partial charge in [0, 0.05) is 11.8 Å². The molecular formula is C21H22. The van der Waals surface area contributed by atoms with Gasteiger partial charge in [0.15, 0.2) is 0 Å². The molecule has 1 aromatic rings. The van der Waals surface area contributed by atoms with Crippen LogP contribution in [0.15, 0.2) is 72.4 Å². The molecule has 0 amide bonds. The Morgan fingerprint density at radius 1 is 1.00 bits per heavy atom. The summed E-state index contributed by atoms with van der Waals surface area (Å²) in [6.45, 7) is 4.84. The van der Waals surface area contributed by atoms with Crippen molar-refractivity contribution >= 4 is 0 Å². The van der Waals surface area contributed by atoms with Crippen molar-refractivity contribution in [2.24, 2.45) is 11.3 Å². The molecule has 1 aromatic carbocycles. The Kier molecular flexibility index (Phi) is 2.82. The number of rotatable bonds is 2. The van der Waals surface area contributed by atoms with Crippen LogP contribution in [0.5, 0.6) is 0 Å². The summed E-state index contributed by atoms with van der Waals surface area (Å²) in [6, 6.07) is 9.06. The van der Waals surface area contributed by atoms with E-state index in [2.05, 4.69) is 80.6 Å². The molecule has 0 N–H and O–H groups in total. The van der Waals surface area contributed by atoms with Gasteiger partial charge >= 0.3 is 0 Å². The molecule has 3 atom stereocenters. The van der Waals surface area contributed by atoms with Crippen LogP contribution in [0.2, 0.25) is 0 Å². The highest BCUT2D eigenvalue weighted by Gasteiger charge is 2.46. The minimum Gasteiger partial charge on any atom is -0.0804 e. The molecule has 4 rings (SSSR count). The fraction of sp³-hybridized carbons (Fsp3) is 0.333. The Morgan fingerprint density at radius 2 is 1.76 bits per heavy atom. The average Bonchev–Trinajstić information content (AvgIpc) is 3.14. The lowest BCUT2D eigenvalue weighted by molar-refractivity contribution is 0.300. The van der Waals surface area contributed by atoms with Crippen molar-refractivity contribution in [2.75, 3.05) is 0 Å². The van der Waals surface area contributed by atoms with Gasteiger partial charge in [0.1, 0.15) is 0 Å². The molecular weight excluding hydrogens is 252 g/mol. The van der Waals surface area contributed by atoms with Crippen molar-refractivity contribution in [1.29, 1.82) is 0 Å². The lowest BCUT2D eigenvalue weighted by Gasteiger charge is -2.37. The quantitative estimate of drug-likeness (QED) is 0.666. The molecule has 0 aromatic heterocycles. The number of hydrogen-bond donors (Lipinski definition) is 0. The number of hydrogen-bond acceptors (Lipinski definition) is 0. The molecule has 0 aliphatic heterocycles. The lowest BCUT2D eigenvalue weighted by atomic mass is 9.66. The van der Waals surface area contributed by atoms with E-state index in [-0.39, 0.29) is 5.41 Å². The van der Waals surface area contributed by atoms with E-state index in [1.54, 1.807) is 5.56 Å². The van der Waals surface area contributed by atoms with E-state index in [0.29, 0.717) is 17.8 Å². The number of fused-ring (bicyclic) bond motifs is 3. The second-order valence-corrected chi connectivity index (χ2v) is 7.00. The van der Waals surface area contributed by atoms with Crippen LogP contribution in [0.25, 0.3) is 0 Å². The molecule has 0 nitrogen and oxygen atoms in total. The Bertz CT molecular complexity index is 682. The summed E-state index contributed by atoms with van der Waals surface area (Å²) < 4.78 is 0. The smallest absolute Gasteiger partial charge is 0.00930 e. The Labute approximate surface area is 127 Å². The van der Waals surface area contributed by atoms with Crippen molar-refractivity contribution in [3.63, 3.8) is 0 Å². The van der Waals surface area contributed by atoms with E-state index in [1.807, 2.05) is 0 Å². The molecule has 106 valence electrons. The molecule has 0 radical (unpaired) electrons. The molecule has 0 bridgehead atoms. The maximum Gasteiger partial charge on any atom is 0.00930 e. The highest BCUT2D eigenvalue weighted by atomic mass is 14.5. The molecule has 3 aliphatic carbocycles. The van der Waals surface area contributed by atoms with Gasteiger partial charge in [-0.2, -0.15) is 0 Å². The third kappa shape index (κ3) is 1.82. The van der Waals surface area contributed by atoms with E-state index < -0.39 is 0 Å². The molecule has 0 saturated heterocycles. The molecule has 3 unspecified atom stereocenters.